The van der Waals surface area contributed by atoms with Crippen molar-refractivity contribution in [2.45, 2.75) is 0 Å². The molecule has 0 atom stereocenters. The van der Waals surface area contributed by atoms with Gasteiger partial charge in [-0.05, 0) is 42.5 Å². The molecule has 2 amide bonds. The van der Waals surface area contributed by atoms with Gasteiger partial charge in [-0.1, -0.05) is 6.07 Å². The predicted octanol–water partition coefficient (Wildman–Crippen LogP) is 2.56. The van der Waals surface area contributed by atoms with Gasteiger partial charge in [0, 0.05) is 23.6 Å². The highest BCUT2D eigenvalue weighted by Crippen LogP contribution is 2.15. The van der Waals surface area contributed by atoms with Gasteiger partial charge in [-0.15, -0.1) is 0 Å². The summed E-state index contributed by atoms with van der Waals surface area (Å²) in [5.41, 5.74) is 1.87. The Morgan fingerprint density at radius 1 is 0.828 bits per heavy atom. The van der Waals surface area contributed by atoms with E-state index in [1.54, 1.807) is 54.7 Å². The fourth-order valence-corrected chi connectivity index (χ4v) is 2.56. The molecule has 9 heteroatoms. The highest BCUT2D eigenvalue weighted by Gasteiger charge is 2.10. The van der Waals surface area contributed by atoms with E-state index >= 15 is 0 Å². The number of nitrogens with one attached hydrogen (secondary N) is 2. The van der Waals surface area contributed by atoms with Gasteiger partial charge in [0.25, 0.3) is 11.8 Å². The standard InChI is InChI=1S/C20H15N7O2/c28-19(26-17-6-7-18(23-11-17)27-13-22-12-24-27)14-3-1-5-16(9-14)25-20(29)15-4-2-8-21-10-15/h1-13H,(H,25,29)(H,26,28). The summed E-state index contributed by atoms with van der Waals surface area (Å²) in [6, 6.07) is 13.4. The molecule has 0 fully saturated rings. The molecule has 0 aliphatic rings. The number of hydrogen-bond acceptors (Lipinski definition) is 6. The summed E-state index contributed by atoms with van der Waals surface area (Å²) in [6.45, 7) is 0. The van der Waals surface area contributed by atoms with Crippen molar-refractivity contribution in [3.05, 3.63) is 90.9 Å². The van der Waals surface area contributed by atoms with E-state index in [1.165, 1.54) is 29.7 Å². The van der Waals surface area contributed by atoms with Crippen molar-refractivity contribution in [1.29, 1.82) is 0 Å². The first-order chi connectivity index (χ1) is 14.2. The third-order valence-electron chi connectivity index (χ3n) is 3.97. The molecule has 0 aliphatic carbocycles. The highest BCUT2D eigenvalue weighted by molar-refractivity contribution is 6.07. The van der Waals surface area contributed by atoms with Crippen LogP contribution in [0, 0.1) is 0 Å². The topological polar surface area (TPSA) is 115 Å². The number of carbonyl (C=O) groups is 2. The Hall–Kier alpha value is -4.40. The summed E-state index contributed by atoms with van der Waals surface area (Å²) >= 11 is 0. The van der Waals surface area contributed by atoms with Crippen LogP contribution in [0.5, 0.6) is 0 Å². The Balaban J connectivity index is 1.44. The van der Waals surface area contributed by atoms with Crippen molar-refractivity contribution in [1.82, 2.24) is 24.7 Å². The Kier molecular flexibility index (Phi) is 5.02. The molecule has 142 valence electrons. The average molecular weight is 385 g/mol. The third-order valence-corrected chi connectivity index (χ3v) is 3.97. The number of rotatable bonds is 5. The van der Waals surface area contributed by atoms with Gasteiger partial charge in [0.2, 0.25) is 0 Å². The first-order valence-corrected chi connectivity index (χ1v) is 8.63. The van der Waals surface area contributed by atoms with Crippen LogP contribution in [0.3, 0.4) is 0 Å². The molecule has 0 unspecified atom stereocenters. The molecule has 4 aromatic rings. The SMILES string of the molecule is O=C(Nc1cccc(C(=O)Nc2ccc(-n3cncn3)nc2)c1)c1cccnc1. The fourth-order valence-electron chi connectivity index (χ4n) is 2.56. The third kappa shape index (κ3) is 4.30. The molecule has 3 aromatic heterocycles. The average Bonchev–Trinajstić information content (AvgIpc) is 3.30. The molecule has 9 nitrogen and oxygen atoms in total. The molecule has 4 rings (SSSR count). The number of benzene rings is 1. The lowest BCUT2D eigenvalue weighted by Crippen LogP contribution is -2.15. The van der Waals surface area contributed by atoms with Crippen LogP contribution in [0.15, 0.2) is 79.8 Å². The van der Waals surface area contributed by atoms with Crippen LogP contribution in [0.1, 0.15) is 20.7 Å². The minimum absolute atomic E-state index is 0.302. The van der Waals surface area contributed by atoms with Gasteiger partial charge >= 0.3 is 0 Å². The quantitative estimate of drug-likeness (QED) is 0.546. The van der Waals surface area contributed by atoms with E-state index in [1.807, 2.05) is 0 Å². The van der Waals surface area contributed by atoms with E-state index in [2.05, 4.69) is 30.7 Å². The van der Waals surface area contributed by atoms with Crippen LogP contribution in [0.2, 0.25) is 0 Å². The van der Waals surface area contributed by atoms with Crippen LogP contribution in [-0.2, 0) is 0 Å². The molecule has 0 aliphatic heterocycles. The van der Waals surface area contributed by atoms with Crippen LogP contribution in [0.4, 0.5) is 11.4 Å². The number of hydrogen-bond donors (Lipinski definition) is 2. The van der Waals surface area contributed by atoms with Gasteiger partial charge in [0.15, 0.2) is 5.82 Å². The Morgan fingerprint density at radius 3 is 2.38 bits per heavy atom. The molecule has 0 spiro atoms. The maximum absolute atomic E-state index is 12.5. The van der Waals surface area contributed by atoms with E-state index < -0.39 is 0 Å². The van der Waals surface area contributed by atoms with Gasteiger partial charge in [-0.2, -0.15) is 5.10 Å². The van der Waals surface area contributed by atoms with Crippen molar-refractivity contribution < 1.29 is 9.59 Å². The second-order valence-corrected chi connectivity index (χ2v) is 5.98. The van der Waals surface area contributed by atoms with Crippen LogP contribution >= 0.6 is 0 Å². The van der Waals surface area contributed by atoms with E-state index in [0.29, 0.717) is 28.3 Å². The number of pyridine rings is 2. The summed E-state index contributed by atoms with van der Waals surface area (Å²) in [6.07, 6.45) is 7.54. The smallest absolute Gasteiger partial charge is 0.257 e. The highest BCUT2D eigenvalue weighted by atomic mass is 16.2. The van der Waals surface area contributed by atoms with E-state index in [0.717, 1.165) is 0 Å². The fraction of sp³-hybridized carbons (Fsp3) is 0. The predicted molar refractivity (Wildman–Crippen MR) is 106 cm³/mol. The number of nitrogens with zero attached hydrogens (tertiary/aromatic N) is 5. The summed E-state index contributed by atoms with van der Waals surface area (Å²) in [7, 11) is 0. The van der Waals surface area contributed by atoms with Gasteiger partial charge in [-0.3, -0.25) is 14.6 Å². The van der Waals surface area contributed by atoms with Gasteiger partial charge in [-0.25, -0.2) is 14.6 Å². The van der Waals surface area contributed by atoms with Crippen LogP contribution in [-0.4, -0.2) is 36.5 Å². The van der Waals surface area contributed by atoms with Crippen molar-refractivity contribution in [3.63, 3.8) is 0 Å². The maximum atomic E-state index is 12.5. The van der Waals surface area contributed by atoms with E-state index in [9.17, 15) is 9.59 Å². The van der Waals surface area contributed by atoms with E-state index in [-0.39, 0.29) is 11.8 Å². The van der Waals surface area contributed by atoms with Crippen molar-refractivity contribution in [3.8, 4) is 5.82 Å². The van der Waals surface area contributed by atoms with Gasteiger partial charge < -0.3 is 10.6 Å². The number of anilines is 2. The molecule has 3 heterocycles. The second-order valence-electron chi connectivity index (χ2n) is 5.98. The van der Waals surface area contributed by atoms with Crippen LogP contribution in [0.25, 0.3) is 5.82 Å². The van der Waals surface area contributed by atoms with Crippen molar-refractivity contribution >= 4 is 23.2 Å². The molecule has 29 heavy (non-hydrogen) atoms. The molecule has 0 bridgehead atoms. The lowest BCUT2D eigenvalue weighted by atomic mass is 10.1. The number of amides is 2. The summed E-state index contributed by atoms with van der Waals surface area (Å²) in [5, 5.41) is 9.52. The largest absolute Gasteiger partial charge is 0.322 e. The number of aromatic nitrogens is 5. The molecular weight excluding hydrogens is 370 g/mol. The molecular formula is C20H15N7O2. The first kappa shape index (κ1) is 18.0. The lowest BCUT2D eigenvalue weighted by molar-refractivity contribution is 0.101. The lowest BCUT2D eigenvalue weighted by Gasteiger charge is -2.09. The molecule has 0 saturated carbocycles. The second kappa shape index (κ2) is 8.09. The Bertz CT molecular complexity index is 1130. The van der Waals surface area contributed by atoms with Crippen LogP contribution < -0.4 is 10.6 Å². The molecule has 0 radical (unpaired) electrons. The Labute approximate surface area is 165 Å². The summed E-state index contributed by atoms with van der Waals surface area (Å²) in [5.74, 6) is -0.0399. The van der Waals surface area contributed by atoms with Gasteiger partial charge in [0.1, 0.15) is 12.7 Å². The summed E-state index contributed by atoms with van der Waals surface area (Å²) < 4.78 is 1.51. The maximum Gasteiger partial charge on any atom is 0.257 e. The van der Waals surface area contributed by atoms with E-state index in [4.69, 9.17) is 0 Å². The minimum Gasteiger partial charge on any atom is -0.322 e. The van der Waals surface area contributed by atoms with Crippen molar-refractivity contribution in [2.75, 3.05) is 10.6 Å². The zero-order valence-corrected chi connectivity index (χ0v) is 15.1. The zero-order valence-electron chi connectivity index (χ0n) is 15.1. The molecule has 0 saturated heterocycles. The summed E-state index contributed by atoms with van der Waals surface area (Å²) in [4.78, 5) is 36.8. The first-order valence-electron chi connectivity index (χ1n) is 8.63. The number of carbonyl (C=O) groups excluding carboxylic acids is 2. The monoisotopic (exact) mass is 385 g/mol. The molecule has 2 N–H and O–H groups in total. The minimum atomic E-state index is -0.321. The normalized spacial score (nSPS) is 10.3. The Morgan fingerprint density at radius 2 is 1.66 bits per heavy atom. The van der Waals surface area contributed by atoms with Gasteiger partial charge in [0.05, 0.1) is 17.4 Å². The molecule has 1 aromatic carbocycles. The zero-order chi connectivity index (χ0) is 20.1. The van der Waals surface area contributed by atoms with Crippen molar-refractivity contribution in [2.24, 2.45) is 0 Å².